The van der Waals surface area contributed by atoms with E-state index in [1.807, 2.05) is 4.90 Å². The van der Waals surface area contributed by atoms with E-state index in [-0.39, 0.29) is 41.9 Å². The highest BCUT2D eigenvalue weighted by atomic mass is 19.1. The Hall–Kier alpha value is -2.94. The zero-order valence-corrected chi connectivity index (χ0v) is 19.8. The molecule has 35 heavy (non-hydrogen) atoms. The average Bonchev–Trinajstić information content (AvgIpc) is 3.57. The largest absolute Gasteiger partial charge is 0.493 e. The number of likely N-dealkylation sites (tertiary alicyclic amines) is 2. The second kappa shape index (κ2) is 9.97. The number of fused-ring (bicyclic) bond motifs is 2. The number of nitriles is 1. The average molecular weight is 487 g/mol. The molecule has 0 radical (unpaired) electrons. The summed E-state index contributed by atoms with van der Waals surface area (Å²) >= 11 is 0. The molecule has 4 aliphatic rings. The van der Waals surface area contributed by atoms with Gasteiger partial charge in [0.05, 0.1) is 12.2 Å². The second-order valence-corrected chi connectivity index (χ2v) is 9.84. The summed E-state index contributed by atoms with van der Waals surface area (Å²) in [5, 5.41) is 9.04. The normalized spacial score (nSPS) is 29.5. The lowest BCUT2D eigenvalue weighted by Gasteiger charge is -2.32. The molecule has 2 amide bonds. The Balaban J connectivity index is 1.12. The number of halogens is 1. The van der Waals surface area contributed by atoms with Crippen LogP contribution in [0.1, 0.15) is 37.3 Å². The Labute approximate surface area is 203 Å². The van der Waals surface area contributed by atoms with E-state index in [1.54, 1.807) is 17.9 Å². The Morgan fingerprint density at radius 3 is 2.54 bits per heavy atom. The van der Waals surface area contributed by atoms with Crippen LogP contribution in [0.25, 0.3) is 0 Å². The molecule has 1 aromatic rings. The molecule has 3 unspecified atom stereocenters. The van der Waals surface area contributed by atoms with Crippen molar-refractivity contribution in [2.45, 2.75) is 44.9 Å². The number of hydrogen-bond donors (Lipinski definition) is 3. The first kappa shape index (κ1) is 23.8. The molecule has 1 aliphatic carbocycles. The fourth-order valence-electron chi connectivity index (χ4n) is 5.85. The first-order valence-corrected chi connectivity index (χ1v) is 12.3. The summed E-state index contributed by atoms with van der Waals surface area (Å²) in [4.78, 5) is 29.5. The van der Waals surface area contributed by atoms with Gasteiger partial charge in [0.15, 0.2) is 0 Å². The maximum absolute atomic E-state index is 14.1. The van der Waals surface area contributed by atoms with Gasteiger partial charge >= 0.3 is 6.09 Å². The van der Waals surface area contributed by atoms with Crippen molar-refractivity contribution in [2.24, 2.45) is 17.8 Å². The molecule has 1 saturated carbocycles. The molecule has 1 aromatic carbocycles. The first-order valence-electron chi connectivity index (χ1n) is 12.3. The van der Waals surface area contributed by atoms with Crippen molar-refractivity contribution in [1.29, 1.82) is 5.26 Å². The molecular formula is C24H31FN6O4. The molecule has 3 saturated heterocycles. The number of hydrazine groups is 2. The van der Waals surface area contributed by atoms with Gasteiger partial charge in [0, 0.05) is 67.6 Å². The summed E-state index contributed by atoms with van der Waals surface area (Å²) < 4.78 is 25.0. The fourth-order valence-corrected chi connectivity index (χ4v) is 5.85. The number of benzene rings is 1. The molecule has 10 nitrogen and oxygen atoms in total. The van der Waals surface area contributed by atoms with E-state index in [9.17, 15) is 14.0 Å². The van der Waals surface area contributed by atoms with Crippen LogP contribution in [0, 0.1) is 34.9 Å². The number of nitrogens with zero attached hydrogens (tertiary/aromatic N) is 3. The number of amides is 2. The van der Waals surface area contributed by atoms with E-state index in [2.05, 4.69) is 16.4 Å². The van der Waals surface area contributed by atoms with Crippen LogP contribution >= 0.6 is 0 Å². The summed E-state index contributed by atoms with van der Waals surface area (Å²) in [6.45, 7) is 4.39. The molecule has 0 bridgehead atoms. The quantitative estimate of drug-likeness (QED) is 0.570. The highest BCUT2D eigenvalue weighted by Gasteiger charge is 2.46. The van der Waals surface area contributed by atoms with E-state index in [1.165, 1.54) is 12.1 Å². The molecule has 4 fully saturated rings. The van der Waals surface area contributed by atoms with Gasteiger partial charge in [-0.05, 0) is 32.3 Å². The number of carbonyl (C=O) groups is 2. The second-order valence-electron chi connectivity index (χ2n) is 9.84. The van der Waals surface area contributed by atoms with Gasteiger partial charge in [0.1, 0.15) is 24.2 Å². The predicted molar refractivity (Wildman–Crippen MR) is 122 cm³/mol. The monoisotopic (exact) mass is 486 g/mol. The van der Waals surface area contributed by atoms with Gasteiger partial charge in [-0.15, -0.1) is 0 Å². The van der Waals surface area contributed by atoms with Crippen LogP contribution in [0.5, 0.6) is 5.75 Å². The molecule has 0 spiro atoms. The smallest absolute Gasteiger partial charge is 0.410 e. The van der Waals surface area contributed by atoms with Crippen LogP contribution in [0.15, 0.2) is 12.1 Å². The molecular weight excluding hydrogens is 455 g/mol. The number of nitrogens with one attached hydrogen (secondary N) is 3. The van der Waals surface area contributed by atoms with Crippen molar-refractivity contribution in [3.63, 3.8) is 0 Å². The van der Waals surface area contributed by atoms with E-state index < -0.39 is 11.9 Å². The fraction of sp³-hybridized carbons (Fsp3) is 0.625. The third kappa shape index (κ3) is 4.78. The SMILES string of the molecule is CCOc1cc(C#N)c(F)cc1COC(=O)N1C[C@@H]2CN(C(=O)C3CCC4NNNC4C3)C[C@H]2C1. The maximum Gasteiger partial charge on any atom is 0.410 e. The zero-order valence-electron chi connectivity index (χ0n) is 19.8. The van der Waals surface area contributed by atoms with Crippen molar-refractivity contribution >= 4 is 12.0 Å². The zero-order chi connectivity index (χ0) is 24.5. The van der Waals surface area contributed by atoms with Gasteiger partial charge in [-0.1, -0.05) is 0 Å². The van der Waals surface area contributed by atoms with Gasteiger partial charge in [-0.2, -0.15) is 10.8 Å². The minimum absolute atomic E-state index is 0.0395. The predicted octanol–water partition coefficient (Wildman–Crippen LogP) is 1.27. The van der Waals surface area contributed by atoms with Crippen LogP contribution in [0.3, 0.4) is 0 Å². The lowest BCUT2D eigenvalue weighted by Crippen LogP contribution is -2.45. The van der Waals surface area contributed by atoms with Crippen molar-refractivity contribution in [1.82, 2.24) is 26.2 Å². The summed E-state index contributed by atoms with van der Waals surface area (Å²) in [5.41, 5.74) is 9.63. The van der Waals surface area contributed by atoms with Crippen LogP contribution in [-0.4, -0.2) is 66.7 Å². The molecule has 0 aromatic heterocycles. The third-order valence-corrected chi connectivity index (χ3v) is 7.69. The van der Waals surface area contributed by atoms with E-state index in [0.29, 0.717) is 50.1 Å². The van der Waals surface area contributed by atoms with Gasteiger partial charge in [0.2, 0.25) is 5.91 Å². The topological polar surface area (TPSA) is 119 Å². The van der Waals surface area contributed by atoms with E-state index in [4.69, 9.17) is 14.7 Å². The first-order chi connectivity index (χ1) is 17.0. The van der Waals surface area contributed by atoms with Gasteiger partial charge < -0.3 is 19.3 Å². The van der Waals surface area contributed by atoms with Crippen molar-refractivity contribution in [2.75, 3.05) is 32.8 Å². The van der Waals surface area contributed by atoms with Crippen LogP contribution in [0.4, 0.5) is 9.18 Å². The third-order valence-electron chi connectivity index (χ3n) is 7.69. The van der Waals surface area contributed by atoms with Gasteiger partial charge in [0.25, 0.3) is 0 Å². The van der Waals surface area contributed by atoms with E-state index in [0.717, 1.165) is 19.3 Å². The molecule has 3 N–H and O–H groups in total. The Morgan fingerprint density at radius 2 is 1.83 bits per heavy atom. The molecule has 5 atom stereocenters. The van der Waals surface area contributed by atoms with Crippen molar-refractivity contribution in [3.05, 3.63) is 29.1 Å². The van der Waals surface area contributed by atoms with E-state index >= 15 is 0 Å². The molecule has 3 heterocycles. The Morgan fingerprint density at radius 1 is 1.11 bits per heavy atom. The van der Waals surface area contributed by atoms with Gasteiger partial charge in [-0.3, -0.25) is 4.79 Å². The summed E-state index contributed by atoms with van der Waals surface area (Å²) in [6, 6.07) is 4.95. The highest BCUT2D eigenvalue weighted by molar-refractivity contribution is 5.79. The Bertz CT molecular complexity index is 1020. The van der Waals surface area contributed by atoms with Crippen molar-refractivity contribution < 1.29 is 23.5 Å². The molecule has 5 rings (SSSR count). The number of rotatable bonds is 5. The van der Waals surface area contributed by atoms with Crippen molar-refractivity contribution in [3.8, 4) is 11.8 Å². The van der Waals surface area contributed by atoms with Crippen LogP contribution in [-0.2, 0) is 16.1 Å². The minimum Gasteiger partial charge on any atom is -0.493 e. The molecule has 11 heteroatoms. The summed E-state index contributed by atoms with van der Waals surface area (Å²) in [6.07, 6.45) is 2.22. The Kier molecular flexibility index (Phi) is 6.77. The number of carbonyl (C=O) groups excluding carboxylic acids is 2. The number of ether oxygens (including phenoxy) is 2. The minimum atomic E-state index is -0.674. The lowest BCUT2D eigenvalue weighted by molar-refractivity contribution is -0.136. The lowest BCUT2D eigenvalue weighted by atomic mass is 9.82. The molecule has 3 aliphatic heterocycles. The standard InChI is InChI=1S/C24H31FN6O4/c1-2-34-22-7-15(8-26)19(25)5-16(22)13-35-24(33)31-11-17-9-30(10-18(17)12-31)23(32)14-3-4-20-21(6-14)28-29-27-20/h5,7,14,17-18,20-21,27-29H,2-4,6,9-13H2,1H3/t14?,17-,18-,20?,21?/m0/s1. The van der Waals surface area contributed by atoms with Gasteiger partial charge in [-0.25, -0.2) is 20.0 Å². The summed E-state index contributed by atoms with van der Waals surface area (Å²) in [5.74, 6) is 0.403. The summed E-state index contributed by atoms with van der Waals surface area (Å²) in [7, 11) is 0. The van der Waals surface area contributed by atoms with Crippen LogP contribution < -0.4 is 21.1 Å². The molecule has 188 valence electrons. The maximum atomic E-state index is 14.1. The highest BCUT2D eigenvalue weighted by Crippen LogP contribution is 2.35. The van der Waals surface area contributed by atoms with Crippen LogP contribution in [0.2, 0.25) is 0 Å². The number of hydrogen-bond acceptors (Lipinski definition) is 8.